The number of aromatic hydroxyl groups is 1. The number of unbranched alkanes of at least 4 members (excludes halogenated alkanes) is 6. The fraction of sp³-hybridized carbons (Fsp3) is 0.556. The maximum atomic E-state index is 14.6. The molecule has 0 aliphatic carbocycles. The summed E-state index contributed by atoms with van der Waals surface area (Å²) in [5.74, 6) is -4.73. The minimum Gasteiger partial charge on any atom is -0.508 e. The number of benzene rings is 3. The molecule has 2 aliphatic rings. The van der Waals surface area contributed by atoms with Gasteiger partial charge in [-0.3, -0.25) is 24.0 Å². The fourth-order valence-electron chi connectivity index (χ4n) is 9.19. The number of carboxylic acid groups (broad SMARTS) is 1. The predicted molar refractivity (Wildman–Crippen MR) is 270 cm³/mol. The lowest BCUT2D eigenvalue weighted by molar-refractivity contribution is -0.290. The van der Waals surface area contributed by atoms with Crippen LogP contribution in [0.4, 0.5) is 0 Å². The molecule has 19 heteroatoms. The summed E-state index contributed by atoms with van der Waals surface area (Å²) in [6.45, 7) is 8.61. The van der Waals surface area contributed by atoms with Crippen molar-refractivity contribution in [2.75, 3.05) is 13.2 Å². The first-order valence-electron chi connectivity index (χ1n) is 25.4. The number of fused-ring (bicyclic) bond motifs is 1. The number of hydrogen-bond acceptors (Lipinski definition) is 13. The molecule has 5 rings (SSSR count). The van der Waals surface area contributed by atoms with Gasteiger partial charge in [0.1, 0.15) is 47.7 Å². The van der Waals surface area contributed by atoms with Gasteiger partial charge in [0.2, 0.25) is 23.6 Å². The summed E-state index contributed by atoms with van der Waals surface area (Å²) in [6.07, 6.45) is -1.45. The normalized spacial score (nSPS) is 21.0. The predicted octanol–water partition coefficient (Wildman–Crippen LogP) is 2.50. The minimum absolute atomic E-state index is 0.000484. The monoisotopic (exact) mass is 1020 g/mol. The third-order valence-electron chi connectivity index (χ3n) is 13.6. The summed E-state index contributed by atoms with van der Waals surface area (Å²) in [4.78, 5) is 84.1. The van der Waals surface area contributed by atoms with Crippen molar-refractivity contribution in [2.45, 2.75) is 179 Å². The van der Waals surface area contributed by atoms with Gasteiger partial charge in [-0.15, -0.1) is 0 Å². The van der Waals surface area contributed by atoms with Crippen LogP contribution in [0.25, 0.3) is 0 Å². The van der Waals surface area contributed by atoms with Crippen LogP contribution in [0.2, 0.25) is 0 Å². The largest absolute Gasteiger partial charge is 0.508 e. The van der Waals surface area contributed by atoms with E-state index in [1.807, 2.05) is 38.1 Å². The molecule has 0 unspecified atom stereocenters. The lowest BCUT2D eigenvalue weighted by atomic mass is 9.91. The van der Waals surface area contributed by atoms with Gasteiger partial charge in [0.05, 0.1) is 6.04 Å². The number of aliphatic hydroxyl groups excluding tert-OH is 3. The van der Waals surface area contributed by atoms with Gasteiger partial charge in [0.15, 0.2) is 12.4 Å². The zero-order valence-corrected chi connectivity index (χ0v) is 42.7. The molecule has 3 aromatic rings. The molecule has 0 radical (unpaired) electrons. The lowest BCUT2D eigenvalue weighted by Gasteiger charge is -2.39. The maximum Gasteiger partial charge on any atom is 0.328 e. The van der Waals surface area contributed by atoms with E-state index in [4.69, 9.17) is 15.2 Å². The number of aliphatic carboxylic acids is 1. The molecule has 11 N–H and O–H groups in total. The van der Waals surface area contributed by atoms with E-state index >= 15 is 0 Å². The van der Waals surface area contributed by atoms with Gasteiger partial charge in [-0.05, 0) is 105 Å². The molecule has 2 heterocycles. The molecule has 1 fully saturated rings. The molecular weight excluding hydrogens is 941 g/mol. The molecule has 73 heavy (non-hydrogen) atoms. The van der Waals surface area contributed by atoms with Crippen LogP contribution in [0, 0.1) is 13.8 Å². The van der Waals surface area contributed by atoms with Gasteiger partial charge in [-0.2, -0.15) is 0 Å². The standard InChI is InChI=1S/C54H76N6O13/c1-6-7-8-9-10-18-25-72-52-45(64)43(62)44(63)46(73-52)50(68)56-24-17-16-23-40(48(66)59-54(4,5)53(70)71)57-47(65)41(28-34-19-12-11-13-20-34)58-49(67)42-29-35-21-14-15-22-36(35)31-60(42)51(69)39(55)30-38-32(2)26-37(61)27-33(38)3/h11-15,19-22,26-27,39-46,52,61-64H,6-10,16-18,23-25,28-31,55H2,1-5H3,(H,56,68)(H,57,65)(H,58,67)(H,59,66)(H,70,71)/t39-,40-,41-,42-,43-,44-,45+,46-,52+/m0/s1. The van der Waals surface area contributed by atoms with Gasteiger partial charge in [-0.1, -0.05) is 93.6 Å². The molecule has 9 atom stereocenters. The Morgan fingerprint density at radius 3 is 2.10 bits per heavy atom. The average molecular weight is 1020 g/mol. The summed E-state index contributed by atoms with van der Waals surface area (Å²) < 4.78 is 11.3. The molecule has 2 aliphatic heterocycles. The molecule has 0 bridgehead atoms. The number of carboxylic acids is 1. The number of aliphatic hydroxyl groups is 3. The van der Waals surface area contributed by atoms with Crippen molar-refractivity contribution in [3.8, 4) is 5.75 Å². The van der Waals surface area contributed by atoms with Crippen molar-refractivity contribution < 1.29 is 63.8 Å². The number of nitrogens with two attached hydrogens (primary N) is 1. The van der Waals surface area contributed by atoms with E-state index in [0.717, 1.165) is 59.9 Å². The van der Waals surface area contributed by atoms with Crippen LogP contribution in [0.15, 0.2) is 66.7 Å². The van der Waals surface area contributed by atoms with Crippen molar-refractivity contribution in [3.63, 3.8) is 0 Å². The molecule has 0 spiro atoms. The second-order valence-corrected chi connectivity index (χ2v) is 19.9. The Labute approximate surface area is 427 Å². The van der Waals surface area contributed by atoms with Crippen molar-refractivity contribution in [3.05, 3.63) is 100 Å². The number of aryl methyl sites for hydroxylation is 2. The van der Waals surface area contributed by atoms with Crippen LogP contribution in [0.5, 0.6) is 5.75 Å². The molecule has 0 aromatic heterocycles. The molecule has 1 saturated heterocycles. The van der Waals surface area contributed by atoms with E-state index in [9.17, 15) is 54.3 Å². The van der Waals surface area contributed by atoms with E-state index in [1.54, 1.807) is 42.5 Å². The van der Waals surface area contributed by atoms with E-state index < -0.39 is 95.9 Å². The van der Waals surface area contributed by atoms with Crippen LogP contribution in [-0.4, -0.2) is 140 Å². The molecule has 19 nitrogen and oxygen atoms in total. The number of carbonyl (C=O) groups excluding carboxylic acids is 5. The zero-order chi connectivity index (χ0) is 53.4. The highest BCUT2D eigenvalue weighted by Crippen LogP contribution is 2.27. The Balaban J connectivity index is 1.29. The number of nitrogens with zero attached hydrogens (tertiary/aromatic N) is 1. The third kappa shape index (κ3) is 16.3. The smallest absolute Gasteiger partial charge is 0.328 e. The summed E-state index contributed by atoms with van der Waals surface area (Å²) >= 11 is 0. The maximum absolute atomic E-state index is 14.6. The lowest BCUT2D eigenvalue weighted by Crippen LogP contribution is -2.62. The van der Waals surface area contributed by atoms with Crippen molar-refractivity contribution in [2.24, 2.45) is 5.73 Å². The Morgan fingerprint density at radius 1 is 0.781 bits per heavy atom. The first-order valence-corrected chi connectivity index (χ1v) is 25.4. The molecule has 5 amide bonds. The van der Waals surface area contributed by atoms with Gasteiger partial charge >= 0.3 is 5.97 Å². The third-order valence-corrected chi connectivity index (χ3v) is 13.6. The number of carbonyl (C=O) groups is 6. The fourth-order valence-corrected chi connectivity index (χ4v) is 9.19. The van der Waals surface area contributed by atoms with Crippen LogP contribution in [0.3, 0.4) is 0 Å². The summed E-state index contributed by atoms with van der Waals surface area (Å²) in [6, 6.07) is 14.7. The SMILES string of the molecule is CCCCCCCCO[C@@H]1O[C@H](C(=O)NCCCC[C@H](NC(=O)[C@H](Cc2ccccc2)NC(=O)[C@@H]2Cc3ccccc3CN2C(=O)[C@@H](N)Cc2c(C)cc(O)cc2C)C(=O)NC(C)(C)C(=O)O)[C@@H](O)[C@H](O)[C@H]1O. The molecular formula is C54H76N6O13. The second-order valence-electron chi connectivity index (χ2n) is 19.9. The number of amides is 5. The molecule has 400 valence electrons. The number of phenolic OH excluding ortho intramolecular Hbond substituents is 1. The Hall–Kier alpha value is -5.96. The van der Waals surface area contributed by atoms with Crippen LogP contribution >= 0.6 is 0 Å². The van der Waals surface area contributed by atoms with Gasteiger partial charge < -0.3 is 66.9 Å². The summed E-state index contributed by atoms with van der Waals surface area (Å²) in [5.41, 5.74) is 9.50. The van der Waals surface area contributed by atoms with Crippen molar-refractivity contribution >= 4 is 35.5 Å². The summed E-state index contributed by atoms with van der Waals surface area (Å²) in [7, 11) is 0. The Morgan fingerprint density at radius 2 is 1.42 bits per heavy atom. The van der Waals surface area contributed by atoms with Gasteiger partial charge in [-0.25, -0.2) is 4.79 Å². The zero-order valence-electron chi connectivity index (χ0n) is 42.7. The number of hydrogen-bond donors (Lipinski definition) is 10. The van der Waals surface area contributed by atoms with Gasteiger partial charge in [0.25, 0.3) is 5.91 Å². The average Bonchev–Trinajstić information content (AvgIpc) is 3.35. The highest BCUT2D eigenvalue weighted by Gasteiger charge is 2.47. The van der Waals surface area contributed by atoms with E-state index in [-0.39, 0.29) is 64.0 Å². The Kier molecular flexibility index (Phi) is 21.7. The van der Waals surface area contributed by atoms with Crippen LogP contribution in [-0.2, 0) is 64.0 Å². The first kappa shape index (κ1) is 57.9. The Bertz CT molecular complexity index is 2330. The highest BCUT2D eigenvalue weighted by atomic mass is 16.7. The van der Waals surface area contributed by atoms with Gasteiger partial charge in [0, 0.05) is 32.5 Å². The van der Waals surface area contributed by atoms with Crippen LogP contribution in [0.1, 0.15) is 112 Å². The summed E-state index contributed by atoms with van der Waals surface area (Å²) in [5, 5.41) is 62.4. The first-order chi connectivity index (χ1) is 34.7. The van der Waals surface area contributed by atoms with Crippen molar-refractivity contribution in [1.82, 2.24) is 26.2 Å². The number of phenols is 1. The van der Waals surface area contributed by atoms with Crippen molar-refractivity contribution in [1.29, 1.82) is 0 Å². The molecule has 0 saturated carbocycles. The van der Waals surface area contributed by atoms with E-state index in [1.165, 1.54) is 18.7 Å². The topological polar surface area (TPSA) is 299 Å². The highest BCUT2D eigenvalue weighted by molar-refractivity contribution is 5.96. The second kappa shape index (κ2) is 27.4. The molecule has 3 aromatic carbocycles. The number of rotatable bonds is 26. The van der Waals surface area contributed by atoms with E-state index in [0.29, 0.717) is 12.0 Å². The number of ether oxygens (including phenoxy) is 2. The number of nitrogens with one attached hydrogen (secondary N) is 4. The quantitative estimate of drug-likeness (QED) is 0.0518. The van der Waals surface area contributed by atoms with Crippen LogP contribution < -0.4 is 27.0 Å². The van der Waals surface area contributed by atoms with E-state index in [2.05, 4.69) is 28.2 Å². The minimum atomic E-state index is -1.76.